The van der Waals surface area contributed by atoms with Crippen molar-refractivity contribution in [2.45, 2.75) is 11.8 Å². The Kier molecular flexibility index (Phi) is 7.63. The van der Waals surface area contributed by atoms with Crippen molar-refractivity contribution in [3.05, 3.63) is 59.7 Å². The van der Waals surface area contributed by atoms with E-state index in [1.54, 1.807) is 29.2 Å². The molecule has 0 bridgehead atoms. The second kappa shape index (κ2) is 10.4. The predicted octanol–water partition coefficient (Wildman–Crippen LogP) is 2.12. The van der Waals surface area contributed by atoms with Crippen LogP contribution in [0.15, 0.2) is 53.4 Å². The number of ether oxygens (including phenoxy) is 2. The van der Waals surface area contributed by atoms with E-state index in [1.165, 1.54) is 28.6 Å². The van der Waals surface area contributed by atoms with Crippen molar-refractivity contribution in [1.29, 1.82) is 5.26 Å². The van der Waals surface area contributed by atoms with Crippen LogP contribution in [0.2, 0.25) is 0 Å². The van der Waals surface area contributed by atoms with Crippen LogP contribution in [0.5, 0.6) is 5.75 Å². The number of hydrogen-bond donors (Lipinski definition) is 0. The lowest BCUT2D eigenvalue weighted by molar-refractivity contribution is 0.0688. The number of carbonyl (C=O) groups excluding carboxylic acids is 1. The Labute approximate surface area is 182 Å². The average molecular weight is 444 g/mol. The summed E-state index contributed by atoms with van der Waals surface area (Å²) in [4.78, 5) is 14.8. The number of piperazine rings is 1. The third-order valence-electron chi connectivity index (χ3n) is 4.95. The number of para-hydroxylation sites is 1. The fourth-order valence-corrected chi connectivity index (χ4v) is 4.70. The van der Waals surface area contributed by atoms with E-state index in [1.807, 2.05) is 13.0 Å². The predicted molar refractivity (Wildman–Crippen MR) is 114 cm³/mol. The van der Waals surface area contributed by atoms with Crippen LogP contribution in [-0.2, 0) is 14.8 Å². The lowest BCUT2D eigenvalue weighted by Gasteiger charge is -2.34. The summed E-state index contributed by atoms with van der Waals surface area (Å²) in [5.41, 5.74) is 0.846. The number of rotatable bonds is 8. The molecule has 2 aromatic rings. The Morgan fingerprint density at radius 1 is 1.03 bits per heavy atom. The van der Waals surface area contributed by atoms with E-state index in [9.17, 15) is 13.2 Å². The van der Waals surface area contributed by atoms with E-state index in [2.05, 4.69) is 0 Å². The van der Waals surface area contributed by atoms with E-state index < -0.39 is 10.0 Å². The molecule has 0 aliphatic carbocycles. The van der Waals surface area contributed by atoms with E-state index >= 15 is 0 Å². The summed E-state index contributed by atoms with van der Waals surface area (Å²) in [6.45, 7) is 4.23. The molecule has 1 aliphatic rings. The molecule has 0 saturated carbocycles. The largest absolute Gasteiger partial charge is 0.490 e. The van der Waals surface area contributed by atoms with Crippen molar-refractivity contribution >= 4 is 15.9 Å². The molecular weight excluding hydrogens is 418 g/mol. The van der Waals surface area contributed by atoms with Gasteiger partial charge in [0.25, 0.3) is 5.91 Å². The molecule has 3 rings (SSSR count). The number of nitrogens with zero attached hydrogens (tertiary/aromatic N) is 3. The fourth-order valence-electron chi connectivity index (χ4n) is 3.28. The second-order valence-corrected chi connectivity index (χ2v) is 8.81. The van der Waals surface area contributed by atoms with Crippen LogP contribution in [0.25, 0.3) is 0 Å². The topological polar surface area (TPSA) is 99.9 Å². The highest BCUT2D eigenvalue weighted by Gasteiger charge is 2.31. The van der Waals surface area contributed by atoms with Gasteiger partial charge in [0.15, 0.2) is 0 Å². The Balaban J connectivity index is 1.64. The van der Waals surface area contributed by atoms with Gasteiger partial charge in [-0.25, -0.2) is 8.42 Å². The molecule has 0 radical (unpaired) electrons. The first-order chi connectivity index (χ1) is 15.0. The summed E-state index contributed by atoms with van der Waals surface area (Å²) >= 11 is 0. The maximum absolute atomic E-state index is 13.0. The molecule has 0 unspecified atom stereocenters. The van der Waals surface area contributed by atoms with E-state index in [0.29, 0.717) is 36.7 Å². The van der Waals surface area contributed by atoms with Crippen LogP contribution in [0, 0.1) is 11.3 Å². The summed E-state index contributed by atoms with van der Waals surface area (Å²) in [5, 5.41) is 8.88. The van der Waals surface area contributed by atoms with Gasteiger partial charge in [-0.1, -0.05) is 12.1 Å². The van der Waals surface area contributed by atoms with Gasteiger partial charge in [0, 0.05) is 32.8 Å². The maximum atomic E-state index is 13.0. The van der Waals surface area contributed by atoms with Crippen LogP contribution in [0.4, 0.5) is 0 Å². The molecule has 1 amide bonds. The molecule has 9 heteroatoms. The second-order valence-electron chi connectivity index (χ2n) is 6.87. The van der Waals surface area contributed by atoms with E-state index in [0.717, 1.165) is 0 Å². The van der Waals surface area contributed by atoms with Crippen molar-refractivity contribution in [2.24, 2.45) is 0 Å². The van der Waals surface area contributed by atoms with Gasteiger partial charge in [0.1, 0.15) is 12.4 Å². The average Bonchev–Trinajstić information content (AvgIpc) is 2.82. The molecule has 164 valence electrons. The molecule has 31 heavy (non-hydrogen) atoms. The van der Waals surface area contributed by atoms with Gasteiger partial charge in [-0.15, -0.1) is 0 Å². The van der Waals surface area contributed by atoms with Gasteiger partial charge in [0.2, 0.25) is 10.0 Å². The van der Waals surface area contributed by atoms with Crippen LogP contribution in [0.1, 0.15) is 22.8 Å². The Hall–Kier alpha value is -2.93. The molecule has 1 saturated heterocycles. The molecule has 8 nitrogen and oxygen atoms in total. The summed E-state index contributed by atoms with van der Waals surface area (Å²) in [7, 11) is -3.68. The standard InChI is InChI=1S/C22H25N3O5S/c1-2-29-15-16-30-21-6-4-3-5-20(21)22(26)24-11-13-25(14-12-24)31(27,28)19-9-7-18(17-23)8-10-19/h3-10H,2,11-16H2,1H3. The van der Waals surface area contributed by atoms with Crippen molar-refractivity contribution in [1.82, 2.24) is 9.21 Å². The lowest BCUT2D eigenvalue weighted by atomic mass is 10.1. The number of sulfonamides is 1. The number of benzene rings is 2. The number of nitriles is 1. The molecule has 0 atom stereocenters. The van der Waals surface area contributed by atoms with Crippen molar-refractivity contribution in [3.63, 3.8) is 0 Å². The first-order valence-electron chi connectivity index (χ1n) is 10.1. The molecule has 1 fully saturated rings. The third kappa shape index (κ3) is 5.41. The Bertz CT molecular complexity index is 1040. The summed E-state index contributed by atoms with van der Waals surface area (Å²) in [5.74, 6) is 0.294. The van der Waals surface area contributed by atoms with Gasteiger partial charge >= 0.3 is 0 Å². The molecule has 1 aliphatic heterocycles. The zero-order chi connectivity index (χ0) is 22.3. The number of amides is 1. The highest BCUT2D eigenvalue weighted by atomic mass is 32.2. The minimum Gasteiger partial charge on any atom is -0.490 e. The highest BCUT2D eigenvalue weighted by Crippen LogP contribution is 2.23. The van der Waals surface area contributed by atoms with Crippen molar-refractivity contribution in [2.75, 3.05) is 46.0 Å². The van der Waals surface area contributed by atoms with E-state index in [-0.39, 0.29) is 37.0 Å². The first kappa shape index (κ1) is 22.7. The Morgan fingerprint density at radius 2 is 1.71 bits per heavy atom. The number of hydrogen-bond acceptors (Lipinski definition) is 6. The minimum atomic E-state index is -3.68. The van der Waals surface area contributed by atoms with Gasteiger partial charge in [-0.05, 0) is 43.3 Å². The first-order valence-corrected chi connectivity index (χ1v) is 11.5. The minimum absolute atomic E-state index is 0.138. The van der Waals surface area contributed by atoms with Crippen molar-refractivity contribution in [3.8, 4) is 11.8 Å². The fraction of sp³-hybridized carbons (Fsp3) is 0.364. The molecule has 2 aromatic carbocycles. The third-order valence-corrected chi connectivity index (χ3v) is 6.87. The van der Waals surface area contributed by atoms with Gasteiger partial charge in [-0.3, -0.25) is 4.79 Å². The molecule has 0 aromatic heterocycles. The quantitative estimate of drug-likeness (QED) is 0.580. The highest BCUT2D eigenvalue weighted by molar-refractivity contribution is 7.89. The summed E-state index contributed by atoms with van der Waals surface area (Å²) in [6, 6.07) is 14.8. The van der Waals surface area contributed by atoms with Gasteiger partial charge in [-0.2, -0.15) is 9.57 Å². The monoisotopic (exact) mass is 443 g/mol. The van der Waals surface area contributed by atoms with Gasteiger partial charge < -0.3 is 14.4 Å². The maximum Gasteiger partial charge on any atom is 0.257 e. The van der Waals surface area contributed by atoms with E-state index in [4.69, 9.17) is 14.7 Å². The molecule has 1 heterocycles. The zero-order valence-electron chi connectivity index (χ0n) is 17.4. The zero-order valence-corrected chi connectivity index (χ0v) is 18.2. The van der Waals surface area contributed by atoms with Crippen LogP contribution < -0.4 is 4.74 Å². The summed E-state index contributed by atoms with van der Waals surface area (Å²) in [6.07, 6.45) is 0. The Morgan fingerprint density at radius 3 is 2.35 bits per heavy atom. The normalized spacial score (nSPS) is 14.8. The lowest BCUT2D eigenvalue weighted by Crippen LogP contribution is -2.50. The van der Waals surface area contributed by atoms with Crippen molar-refractivity contribution < 1.29 is 22.7 Å². The number of carbonyl (C=O) groups is 1. The summed E-state index contributed by atoms with van der Waals surface area (Å²) < 4.78 is 38.1. The molecule has 0 spiro atoms. The van der Waals surface area contributed by atoms with Crippen LogP contribution >= 0.6 is 0 Å². The SMILES string of the molecule is CCOCCOc1ccccc1C(=O)N1CCN(S(=O)(=O)c2ccc(C#N)cc2)CC1. The van der Waals surface area contributed by atoms with Crippen LogP contribution in [-0.4, -0.2) is 69.5 Å². The molecule has 0 N–H and O–H groups in total. The molecular formula is C22H25N3O5S. The smallest absolute Gasteiger partial charge is 0.257 e. The van der Waals surface area contributed by atoms with Crippen LogP contribution in [0.3, 0.4) is 0 Å². The van der Waals surface area contributed by atoms with Gasteiger partial charge in [0.05, 0.1) is 28.7 Å².